The molecule has 1 fully saturated rings. The number of para-hydroxylation sites is 1. The number of halogens is 1. The third-order valence-electron chi connectivity index (χ3n) is 3.57. The molecule has 1 aliphatic heterocycles. The molecule has 0 atom stereocenters. The Balaban J connectivity index is 1.70. The third-order valence-corrected chi connectivity index (χ3v) is 3.92. The van der Waals surface area contributed by atoms with Crippen molar-refractivity contribution in [2.45, 2.75) is 0 Å². The maximum absolute atomic E-state index is 12.4. The zero-order valence-electron chi connectivity index (χ0n) is 13.2. The molecule has 0 unspecified atom stereocenters. The minimum atomic E-state index is -0.423. The number of carbonyl (C=O) groups is 2. The molecule has 25 heavy (non-hydrogen) atoms. The van der Waals surface area contributed by atoms with Crippen LogP contribution in [0, 0.1) is 0 Å². The minimum absolute atomic E-state index is 0.0891. The van der Waals surface area contributed by atoms with Gasteiger partial charge in [0.25, 0.3) is 11.8 Å². The molecule has 0 saturated carbocycles. The van der Waals surface area contributed by atoms with Crippen molar-refractivity contribution in [1.82, 2.24) is 5.43 Å². The second-order valence-electron chi connectivity index (χ2n) is 5.26. The zero-order valence-corrected chi connectivity index (χ0v) is 14.0. The molecule has 0 aliphatic carbocycles. The van der Waals surface area contributed by atoms with E-state index in [4.69, 9.17) is 11.6 Å². The molecule has 0 radical (unpaired) electrons. The number of nitrogens with one attached hydrogen (secondary N) is 1. The number of rotatable bonds is 4. The monoisotopic (exact) mass is 350 g/mol. The van der Waals surface area contributed by atoms with E-state index in [2.05, 4.69) is 5.43 Å². The van der Waals surface area contributed by atoms with Crippen LogP contribution >= 0.6 is 11.6 Å². The fourth-order valence-corrected chi connectivity index (χ4v) is 2.52. The molecule has 5 heteroatoms. The summed E-state index contributed by atoms with van der Waals surface area (Å²) in [5, 5.41) is 1.90. The molecule has 2 aromatic rings. The molecule has 1 N–H and O–H groups in total. The molecule has 124 valence electrons. The number of hydrogen-bond acceptors (Lipinski definition) is 2. The first kappa shape index (κ1) is 16.7. The quantitative estimate of drug-likeness (QED) is 0.516. The van der Waals surface area contributed by atoms with E-state index in [0.717, 1.165) is 5.56 Å². The van der Waals surface area contributed by atoms with Crippen molar-refractivity contribution in [2.75, 3.05) is 5.01 Å². The highest BCUT2D eigenvalue weighted by atomic mass is 35.5. The van der Waals surface area contributed by atoms with Crippen molar-refractivity contribution in [3.8, 4) is 0 Å². The number of anilines is 1. The Hall–Kier alpha value is -3.11. The largest absolute Gasteiger partial charge is 0.282 e. The molecule has 2 aromatic carbocycles. The lowest BCUT2D eigenvalue weighted by atomic mass is 10.2. The van der Waals surface area contributed by atoms with Crippen LogP contribution in [0.2, 0.25) is 5.02 Å². The van der Waals surface area contributed by atoms with E-state index in [9.17, 15) is 9.59 Å². The highest BCUT2D eigenvalue weighted by Gasteiger charge is 2.33. The maximum atomic E-state index is 12.4. The van der Waals surface area contributed by atoms with Crippen LogP contribution in [-0.4, -0.2) is 11.8 Å². The molecule has 3 rings (SSSR count). The fourth-order valence-electron chi connectivity index (χ4n) is 2.32. The van der Waals surface area contributed by atoms with Crippen molar-refractivity contribution in [3.05, 3.63) is 95.1 Å². The van der Waals surface area contributed by atoms with Crippen molar-refractivity contribution < 1.29 is 9.59 Å². The van der Waals surface area contributed by atoms with Gasteiger partial charge in [-0.15, -0.1) is 0 Å². The first-order valence-corrected chi connectivity index (χ1v) is 8.04. The first-order valence-electron chi connectivity index (χ1n) is 7.67. The summed E-state index contributed by atoms with van der Waals surface area (Å²) in [6, 6.07) is 16.4. The Morgan fingerprint density at radius 1 is 0.880 bits per heavy atom. The Kier molecular flexibility index (Phi) is 5.11. The number of hydrogen-bond donors (Lipinski definition) is 1. The molecular weight excluding hydrogens is 336 g/mol. The van der Waals surface area contributed by atoms with Gasteiger partial charge in [-0.3, -0.25) is 15.0 Å². The summed E-state index contributed by atoms with van der Waals surface area (Å²) in [5.41, 5.74) is 4.15. The van der Waals surface area contributed by atoms with Crippen LogP contribution in [0.5, 0.6) is 0 Å². The second kappa shape index (κ2) is 7.64. The Labute approximate surface area is 150 Å². The maximum Gasteiger partial charge on any atom is 0.282 e. The van der Waals surface area contributed by atoms with Crippen LogP contribution in [0.1, 0.15) is 5.56 Å². The van der Waals surface area contributed by atoms with E-state index in [0.29, 0.717) is 10.7 Å². The average Bonchev–Trinajstić information content (AvgIpc) is 2.91. The molecule has 0 bridgehead atoms. The van der Waals surface area contributed by atoms with Crippen LogP contribution in [0.25, 0.3) is 6.08 Å². The topological polar surface area (TPSA) is 49.4 Å². The zero-order chi connectivity index (χ0) is 17.6. The van der Waals surface area contributed by atoms with E-state index in [1.54, 1.807) is 42.5 Å². The van der Waals surface area contributed by atoms with Gasteiger partial charge in [0.15, 0.2) is 0 Å². The molecule has 2 amide bonds. The van der Waals surface area contributed by atoms with Gasteiger partial charge in [-0.2, -0.15) is 0 Å². The van der Waals surface area contributed by atoms with E-state index >= 15 is 0 Å². The van der Waals surface area contributed by atoms with Crippen LogP contribution in [0.15, 0.2) is 84.5 Å². The summed E-state index contributed by atoms with van der Waals surface area (Å²) in [6.45, 7) is 0. The SMILES string of the molecule is O=C1NN(c2ccccc2)C(=O)\C1=C/C=C/C=C/c1ccccc1Cl. The number of nitrogens with zero attached hydrogens (tertiary/aromatic N) is 1. The predicted octanol–water partition coefficient (Wildman–Crippen LogP) is 3.91. The van der Waals surface area contributed by atoms with Crippen molar-refractivity contribution in [2.24, 2.45) is 0 Å². The number of allylic oxidation sites excluding steroid dienone is 4. The lowest BCUT2D eigenvalue weighted by Crippen LogP contribution is -2.35. The first-order chi connectivity index (χ1) is 12.2. The normalized spacial score (nSPS) is 16.4. The standard InChI is InChI=1S/C20H15ClN2O2/c21-18-14-8-7-10-15(18)9-3-1-6-13-17-19(24)22-23(20(17)25)16-11-4-2-5-12-16/h1-14H,(H,22,24)/b6-1+,9-3+,17-13-. The van der Waals surface area contributed by atoms with Crippen LogP contribution < -0.4 is 10.4 Å². The molecule has 0 spiro atoms. The van der Waals surface area contributed by atoms with Gasteiger partial charge in [0.05, 0.1) is 5.69 Å². The Morgan fingerprint density at radius 2 is 1.60 bits per heavy atom. The van der Waals surface area contributed by atoms with E-state index < -0.39 is 5.91 Å². The summed E-state index contributed by atoms with van der Waals surface area (Å²) in [4.78, 5) is 24.3. The van der Waals surface area contributed by atoms with Crippen LogP contribution in [0.3, 0.4) is 0 Å². The molecular formula is C20H15ClN2O2. The number of amides is 2. The highest BCUT2D eigenvalue weighted by Crippen LogP contribution is 2.19. The molecule has 1 aliphatic rings. The van der Waals surface area contributed by atoms with Crippen molar-refractivity contribution in [3.63, 3.8) is 0 Å². The third kappa shape index (κ3) is 3.87. The Bertz CT molecular complexity index is 886. The van der Waals surface area contributed by atoms with Crippen molar-refractivity contribution in [1.29, 1.82) is 0 Å². The fraction of sp³-hybridized carbons (Fsp3) is 0. The summed E-state index contributed by atoms with van der Waals surface area (Å²) in [6.07, 6.45) is 8.53. The molecule has 0 aromatic heterocycles. The van der Waals surface area contributed by atoms with Gasteiger partial charge < -0.3 is 0 Å². The molecule has 4 nitrogen and oxygen atoms in total. The predicted molar refractivity (Wildman–Crippen MR) is 99.8 cm³/mol. The summed E-state index contributed by atoms with van der Waals surface area (Å²) in [7, 11) is 0. The van der Waals surface area contributed by atoms with Gasteiger partial charge in [-0.05, 0) is 29.8 Å². The number of carbonyl (C=O) groups excluding carboxylic acids is 2. The summed E-state index contributed by atoms with van der Waals surface area (Å²) in [5.74, 6) is -0.801. The minimum Gasteiger partial charge on any atom is -0.267 e. The second-order valence-corrected chi connectivity index (χ2v) is 5.67. The van der Waals surface area contributed by atoms with E-state index in [1.807, 2.05) is 36.4 Å². The van der Waals surface area contributed by atoms with Gasteiger partial charge in [0, 0.05) is 5.02 Å². The van der Waals surface area contributed by atoms with Gasteiger partial charge in [-0.25, -0.2) is 5.01 Å². The number of benzene rings is 2. The molecule has 1 saturated heterocycles. The summed E-state index contributed by atoms with van der Waals surface area (Å²) >= 11 is 6.06. The highest BCUT2D eigenvalue weighted by molar-refractivity contribution is 6.32. The summed E-state index contributed by atoms with van der Waals surface area (Å²) < 4.78 is 0. The Morgan fingerprint density at radius 3 is 2.36 bits per heavy atom. The smallest absolute Gasteiger partial charge is 0.267 e. The van der Waals surface area contributed by atoms with Gasteiger partial charge >= 0.3 is 0 Å². The van der Waals surface area contributed by atoms with Crippen LogP contribution in [-0.2, 0) is 9.59 Å². The van der Waals surface area contributed by atoms with Gasteiger partial charge in [0.1, 0.15) is 5.57 Å². The average molecular weight is 351 g/mol. The number of hydrazine groups is 1. The molecule has 1 heterocycles. The van der Waals surface area contributed by atoms with Gasteiger partial charge in [0.2, 0.25) is 0 Å². The van der Waals surface area contributed by atoms with E-state index in [1.165, 1.54) is 11.1 Å². The lowest BCUT2D eigenvalue weighted by molar-refractivity contribution is -0.117. The van der Waals surface area contributed by atoms with Gasteiger partial charge in [-0.1, -0.05) is 72.3 Å². The van der Waals surface area contributed by atoms with E-state index in [-0.39, 0.29) is 11.5 Å². The van der Waals surface area contributed by atoms with Crippen molar-refractivity contribution >= 4 is 35.2 Å². The lowest BCUT2D eigenvalue weighted by Gasteiger charge is -2.13. The van der Waals surface area contributed by atoms with Crippen LogP contribution in [0.4, 0.5) is 5.69 Å².